The maximum atomic E-state index is 13.8. The first-order valence-corrected chi connectivity index (χ1v) is 15.6. The predicted molar refractivity (Wildman–Crippen MR) is 180 cm³/mol. The van der Waals surface area contributed by atoms with Crippen LogP contribution in [0.4, 0.5) is 35.9 Å². The normalized spacial score (nSPS) is 16.0. The molecular weight excluding hydrogens is 639 g/mol. The van der Waals surface area contributed by atoms with Gasteiger partial charge in [-0.05, 0) is 93.9 Å². The van der Waals surface area contributed by atoms with Crippen LogP contribution >= 0.6 is 0 Å². The number of aromatic nitrogens is 1. The van der Waals surface area contributed by atoms with Gasteiger partial charge in [0.2, 0.25) is 0 Å². The number of nitrogens with zero attached hydrogens (tertiary/aromatic N) is 1. The molecule has 49 heavy (non-hydrogen) atoms. The number of carbonyl (C=O) groups is 3. The number of carboxylic acids is 1. The number of carbonyl (C=O) groups excluding carboxylic acids is 2. The van der Waals surface area contributed by atoms with Crippen LogP contribution in [0.3, 0.4) is 0 Å². The zero-order chi connectivity index (χ0) is 35.0. The molecule has 13 heteroatoms. The zero-order valence-electron chi connectivity index (χ0n) is 26.9. The van der Waals surface area contributed by atoms with E-state index in [0.717, 1.165) is 25.2 Å². The topological polar surface area (TPSA) is 136 Å². The second-order valence-corrected chi connectivity index (χ2v) is 12.3. The molecule has 254 valence electrons. The molecule has 3 aromatic carbocycles. The van der Waals surface area contributed by atoms with E-state index in [2.05, 4.69) is 25.8 Å². The van der Waals surface area contributed by atoms with Gasteiger partial charge < -0.3 is 35.7 Å². The highest BCUT2D eigenvalue weighted by atomic mass is 19.4. The van der Waals surface area contributed by atoms with Gasteiger partial charge in [0.25, 0.3) is 11.8 Å². The largest absolute Gasteiger partial charge is 0.490 e. The summed E-state index contributed by atoms with van der Waals surface area (Å²) in [6.45, 7) is 4.88. The number of benzene rings is 3. The van der Waals surface area contributed by atoms with Crippen LogP contribution in [-0.2, 0) is 11.0 Å². The van der Waals surface area contributed by atoms with Crippen molar-refractivity contribution in [1.29, 1.82) is 0 Å². The number of fused-ring (bicyclic) bond motifs is 1. The molecule has 3 heterocycles. The van der Waals surface area contributed by atoms with E-state index in [4.69, 9.17) is 4.74 Å². The molecule has 0 aliphatic carbocycles. The van der Waals surface area contributed by atoms with E-state index >= 15 is 0 Å². The second-order valence-electron chi connectivity index (χ2n) is 12.3. The predicted octanol–water partition coefficient (Wildman–Crippen LogP) is 7.31. The number of aromatic amines is 1. The highest BCUT2D eigenvalue weighted by Gasteiger charge is 2.33. The number of carboxylic acid groups (broad SMARTS) is 1. The third-order valence-electron chi connectivity index (χ3n) is 8.65. The summed E-state index contributed by atoms with van der Waals surface area (Å²) in [5.74, 6) is -2.12. The second kappa shape index (κ2) is 13.2. The van der Waals surface area contributed by atoms with E-state index in [9.17, 15) is 32.7 Å². The average Bonchev–Trinajstić information content (AvgIpc) is 3.50. The summed E-state index contributed by atoms with van der Waals surface area (Å²) in [6, 6.07) is 15.0. The molecule has 2 amide bonds. The molecule has 0 spiro atoms. The SMILES string of the molecule is Cc1[nH]c(/C=C2\C(=O)Nc3cc(Nc4cccc(NC(=O)c5cc(OC6CCN(C)CC6)cc(C(F)(F)F)c5)c4)ccc32)c(C)c1C(=O)O. The molecule has 0 atom stereocenters. The Hall–Kier alpha value is -5.56. The minimum atomic E-state index is -4.67. The quantitative estimate of drug-likeness (QED) is 0.124. The molecular formula is C36H34F3N5O5. The van der Waals surface area contributed by atoms with Gasteiger partial charge in [-0.1, -0.05) is 12.1 Å². The lowest BCUT2D eigenvalue weighted by molar-refractivity contribution is -0.137. The molecule has 1 saturated heterocycles. The van der Waals surface area contributed by atoms with Crippen molar-refractivity contribution in [3.63, 3.8) is 0 Å². The fourth-order valence-corrected chi connectivity index (χ4v) is 6.10. The van der Waals surface area contributed by atoms with Crippen LogP contribution in [0.25, 0.3) is 11.6 Å². The Bertz CT molecular complexity index is 1990. The molecule has 2 aliphatic rings. The Kier molecular flexibility index (Phi) is 8.95. The van der Waals surface area contributed by atoms with Gasteiger partial charge in [-0.3, -0.25) is 9.59 Å². The van der Waals surface area contributed by atoms with Crippen LogP contribution in [0.2, 0.25) is 0 Å². The van der Waals surface area contributed by atoms with Crippen molar-refractivity contribution >= 4 is 52.2 Å². The lowest BCUT2D eigenvalue weighted by Crippen LogP contribution is -2.35. The van der Waals surface area contributed by atoms with Crippen molar-refractivity contribution in [2.45, 2.75) is 39.0 Å². The summed E-state index contributed by atoms with van der Waals surface area (Å²) >= 11 is 0. The van der Waals surface area contributed by atoms with Gasteiger partial charge in [0.15, 0.2) is 0 Å². The van der Waals surface area contributed by atoms with Gasteiger partial charge in [0.1, 0.15) is 11.9 Å². The number of ether oxygens (including phenoxy) is 1. The summed E-state index contributed by atoms with van der Waals surface area (Å²) in [5, 5.41) is 18.2. The first kappa shape index (κ1) is 33.3. The van der Waals surface area contributed by atoms with Crippen molar-refractivity contribution in [3.8, 4) is 5.75 Å². The first-order valence-electron chi connectivity index (χ1n) is 15.6. The number of rotatable bonds is 8. The smallest absolute Gasteiger partial charge is 0.416 e. The van der Waals surface area contributed by atoms with E-state index in [1.54, 1.807) is 62.4 Å². The van der Waals surface area contributed by atoms with Crippen LogP contribution in [0.15, 0.2) is 60.7 Å². The number of hydrogen-bond donors (Lipinski definition) is 5. The Morgan fingerprint density at radius 1 is 1.00 bits per heavy atom. The number of halogens is 3. The highest BCUT2D eigenvalue weighted by Crippen LogP contribution is 2.37. The number of likely N-dealkylation sites (tertiary alicyclic amines) is 1. The molecule has 1 fully saturated rings. The molecule has 0 bridgehead atoms. The molecule has 5 N–H and O–H groups in total. The van der Waals surface area contributed by atoms with E-state index in [1.165, 1.54) is 6.07 Å². The van der Waals surface area contributed by atoms with Gasteiger partial charge in [0, 0.05) is 52.7 Å². The molecule has 0 radical (unpaired) electrons. The Morgan fingerprint density at radius 2 is 1.71 bits per heavy atom. The lowest BCUT2D eigenvalue weighted by Gasteiger charge is -2.29. The number of hydrogen-bond acceptors (Lipinski definition) is 6. The van der Waals surface area contributed by atoms with Gasteiger partial charge in [-0.2, -0.15) is 13.2 Å². The summed E-state index contributed by atoms with van der Waals surface area (Å²) in [6.07, 6.45) is -1.94. The summed E-state index contributed by atoms with van der Waals surface area (Å²) in [7, 11) is 1.97. The van der Waals surface area contributed by atoms with Crippen LogP contribution < -0.4 is 20.7 Å². The van der Waals surface area contributed by atoms with Gasteiger partial charge in [0.05, 0.1) is 22.4 Å². The maximum Gasteiger partial charge on any atom is 0.416 e. The fraction of sp³-hybridized carbons (Fsp3) is 0.250. The molecule has 10 nitrogen and oxygen atoms in total. The molecule has 0 saturated carbocycles. The summed E-state index contributed by atoms with van der Waals surface area (Å²) in [4.78, 5) is 42.9. The number of anilines is 4. The molecule has 1 aromatic heterocycles. The molecule has 4 aromatic rings. The number of aromatic carboxylic acids is 1. The minimum Gasteiger partial charge on any atom is -0.490 e. The standard InChI is InChI=1S/C36H34F3N5O5/c1-19-30(40-20(2)32(19)35(47)48)18-29-28-8-7-25(17-31(28)43-34(29)46)41-23-5-4-6-24(16-23)42-33(45)21-13-22(36(37,38)39)15-27(14-21)49-26-9-11-44(3)12-10-26/h4-8,13-18,26,40-41H,9-12H2,1-3H3,(H,42,45)(H,43,46)(H,47,48)/b29-18-. The van der Waals surface area contributed by atoms with E-state index in [-0.39, 0.29) is 28.9 Å². The monoisotopic (exact) mass is 673 g/mol. The maximum absolute atomic E-state index is 13.8. The highest BCUT2D eigenvalue weighted by molar-refractivity contribution is 6.35. The lowest BCUT2D eigenvalue weighted by atomic mass is 10.0. The van der Waals surface area contributed by atoms with E-state index < -0.39 is 23.6 Å². The Morgan fingerprint density at radius 3 is 2.41 bits per heavy atom. The molecule has 6 rings (SSSR count). The van der Waals surface area contributed by atoms with Gasteiger partial charge >= 0.3 is 12.1 Å². The van der Waals surface area contributed by atoms with Crippen molar-refractivity contribution in [3.05, 3.63) is 99.9 Å². The number of H-pyrrole nitrogens is 1. The Labute approximate surface area is 280 Å². The Balaban J connectivity index is 1.18. The van der Waals surface area contributed by atoms with Crippen LogP contribution in [-0.4, -0.2) is 59.0 Å². The van der Waals surface area contributed by atoms with E-state index in [1.807, 2.05) is 7.05 Å². The zero-order valence-corrected chi connectivity index (χ0v) is 26.9. The fourth-order valence-electron chi connectivity index (χ4n) is 6.10. The van der Waals surface area contributed by atoms with Crippen LogP contribution in [0, 0.1) is 13.8 Å². The van der Waals surface area contributed by atoms with Crippen molar-refractivity contribution in [2.24, 2.45) is 0 Å². The van der Waals surface area contributed by atoms with Crippen molar-refractivity contribution in [2.75, 3.05) is 36.1 Å². The first-order chi connectivity index (χ1) is 23.2. The third kappa shape index (κ3) is 7.31. The third-order valence-corrected chi connectivity index (χ3v) is 8.65. The van der Waals surface area contributed by atoms with Crippen LogP contribution in [0.1, 0.15) is 61.6 Å². The summed E-state index contributed by atoms with van der Waals surface area (Å²) in [5.41, 5.74) is 3.67. The number of amides is 2. The molecule has 0 unspecified atom stereocenters. The summed E-state index contributed by atoms with van der Waals surface area (Å²) < 4.78 is 47.2. The van der Waals surface area contributed by atoms with Crippen molar-refractivity contribution in [1.82, 2.24) is 9.88 Å². The van der Waals surface area contributed by atoms with E-state index in [0.29, 0.717) is 63.7 Å². The van der Waals surface area contributed by atoms with Gasteiger partial charge in [-0.15, -0.1) is 0 Å². The number of piperidine rings is 1. The average molecular weight is 674 g/mol. The number of nitrogens with one attached hydrogen (secondary N) is 4. The number of alkyl halides is 3. The molecule has 2 aliphatic heterocycles. The van der Waals surface area contributed by atoms with Crippen molar-refractivity contribution < 1.29 is 37.4 Å². The number of aryl methyl sites for hydroxylation is 1. The minimum absolute atomic E-state index is 0.00481. The van der Waals surface area contributed by atoms with Gasteiger partial charge in [-0.25, -0.2) is 4.79 Å². The van der Waals surface area contributed by atoms with Crippen LogP contribution in [0.5, 0.6) is 5.75 Å².